The number of nitrogens with two attached hydrogens (primary N) is 1. The fourth-order valence-electron chi connectivity index (χ4n) is 2.83. The molecule has 0 atom stereocenters. The van der Waals surface area contributed by atoms with Gasteiger partial charge in [-0.25, -0.2) is 13.6 Å². The lowest BCUT2D eigenvalue weighted by Gasteiger charge is -2.27. The van der Waals surface area contributed by atoms with E-state index in [2.05, 4.69) is 10.3 Å². The van der Waals surface area contributed by atoms with Gasteiger partial charge in [-0.1, -0.05) is 24.3 Å². The molecular formula is C21H22N4O2S2. The van der Waals surface area contributed by atoms with Crippen molar-refractivity contribution >= 4 is 33.0 Å². The van der Waals surface area contributed by atoms with Gasteiger partial charge in [-0.3, -0.25) is 4.98 Å². The van der Waals surface area contributed by atoms with Gasteiger partial charge in [0, 0.05) is 24.6 Å². The minimum atomic E-state index is -3.75. The molecule has 6 nitrogen and oxygen atoms in total. The Bertz CT molecular complexity index is 1090. The monoisotopic (exact) mass is 426 g/mol. The van der Waals surface area contributed by atoms with E-state index in [-0.39, 0.29) is 4.90 Å². The number of hydrogen-bond donors (Lipinski definition) is 2. The van der Waals surface area contributed by atoms with Gasteiger partial charge in [-0.15, -0.1) is 0 Å². The van der Waals surface area contributed by atoms with E-state index < -0.39 is 10.0 Å². The highest BCUT2D eigenvalue weighted by atomic mass is 32.2. The molecule has 0 aliphatic carbocycles. The van der Waals surface area contributed by atoms with Gasteiger partial charge in [0.1, 0.15) is 0 Å². The van der Waals surface area contributed by atoms with E-state index in [4.69, 9.17) is 17.4 Å². The summed E-state index contributed by atoms with van der Waals surface area (Å²) in [5.41, 5.74) is 4.10. The molecule has 3 aromatic rings. The Labute approximate surface area is 176 Å². The lowest BCUT2D eigenvalue weighted by atomic mass is 10.1. The molecule has 0 radical (unpaired) electrons. The Morgan fingerprint density at radius 1 is 1.07 bits per heavy atom. The van der Waals surface area contributed by atoms with Crippen molar-refractivity contribution in [2.45, 2.75) is 24.9 Å². The zero-order valence-corrected chi connectivity index (χ0v) is 17.6. The fourth-order valence-corrected chi connectivity index (χ4v) is 3.59. The standard InChI is InChI=1S/C21H22N4O2S2/c1-16-4-2-3-5-18(16)15-25(19-6-8-20(9-7-19)29(22,26)27)21(28)24-14-17-10-12-23-13-11-17/h2-13H,14-15H2,1H3,(H,24,28)(H2,22,26,27). The summed E-state index contributed by atoms with van der Waals surface area (Å²) < 4.78 is 23.1. The SMILES string of the molecule is Cc1ccccc1CN(C(=S)NCc1ccncc1)c1ccc(S(N)(=O)=O)cc1. The average Bonchev–Trinajstić information content (AvgIpc) is 2.72. The van der Waals surface area contributed by atoms with Crippen molar-refractivity contribution in [3.05, 3.63) is 89.7 Å². The predicted molar refractivity (Wildman–Crippen MR) is 119 cm³/mol. The predicted octanol–water partition coefficient (Wildman–Crippen LogP) is 3.12. The first-order chi connectivity index (χ1) is 13.8. The summed E-state index contributed by atoms with van der Waals surface area (Å²) >= 11 is 5.66. The van der Waals surface area contributed by atoms with Gasteiger partial charge in [0.25, 0.3) is 0 Å². The van der Waals surface area contributed by atoms with E-state index in [1.54, 1.807) is 24.5 Å². The zero-order valence-electron chi connectivity index (χ0n) is 15.9. The molecule has 0 aliphatic heterocycles. The molecule has 0 saturated carbocycles. The number of pyridine rings is 1. The van der Waals surface area contributed by atoms with E-state index in [0.717, 1.165) is 22.4 Å². The number of aromatic nitrogens is 1. The zero-order chi connectivity index (χ0) is 20.9. The van der Waals surface area contributed by atoms with Crippen LogP contribution in [0.4, 0.5) is 5.69 Å². The molecule has 0 unspecified atom stereocenters. The number of thiocarbonyl (C=S) groups is 1. The van der Waals surface area contributed by atoms with Crippen molar-refractivity contribution in [2.75, 3.05) is 4.90 Å². The molecule has 3 N–H and O–H groups in total. The number of hydrogen-bond acceptors (Lipinski definition) is 4. The van der Waals surface area contributed by atoms with Crippen molar-refractivity contribution in [2.24, 2.45) is 5.14 Å². The van der Waals surface area contributed by atoms with Gasteiger partial charge in [0.2, 0.25) is 10.0 Å². The maximum absolute atomic E-state index is 11.6. The molecule has 0 saturated heterocycles. The number of aryl methyl sites for hydroxylation is 1. The summed E-state index contributed by atoms with van der Waals surface area (Å²) in [6, 6.07) is 18.3. The Hall–Kier alpha value is -2.81. The molecule has 0 fully saturated rings. The molecule has 1 heterocycles. The number of benzene rings is 2. The minimum absolute atomic E-state index is 0.0627. The smallest absolute Gasteiger partial charge is 0.238 e. The van der Waals surface area contributed by atoms with Crippen molar-refractivity contribution in [1.82, 2.24) is 10.3 Å². The molecule has 150 valence electrons. The largest absolute Gasteiger partial charge is 0.358 e. The minimum Gasteiger partial charge on any atom is -0.358 e. The van der Waals surface area contributed by atoms with Gasteiger partial charge < -0.3 is 10.2 Å². The maximum atomic E-state index is 11.6. The van der Waals surface area contributed by atoms with Crippen LogP contribution in [0.15, 0.2) is 78.0 Å². The van der Waals surface area contributed by atoms with Crippen LogP contribution in [0.3, 0.4) is 0 Å². The van der Waals surface area contributed by atoms with E-state index in [0.29, 0.717) is 18.2 Å². The maximum Gasteiger partial charge on any atom is 0.238 e. The van der Waals surface area contributed by atoms with Crippen molar-refractivity contribution in [1.29, 1.82) is 0 Å². The normalized spacial score (nSPS) is 11.1. The molecule has 0 amide bonds. The van der Waals surface area contributed by atoms with Crippen molar-refractivity contribution < 1.29 is 8.42 Å². The molecule has 29 heavy (non-hydrogen) atoms. The Kier molecular flexibility index (Phi) is 6.58. The second-order valence-corrected chi connectivity index (χ2v) is 8.51. The lowest BCUT2D eigenvalue weighted by Crippen LogP contribution is -2.39. The van der Waals surface area contributed by atoms with Crippen LogP contribution in [0.1, 0.15) is 16.7 Å². The highest BCUT2D eigenvalue weighted by molar-refractivity contribution is 7.89. The van der Waals surface area contributed by atoms with Crippen LogP contribution < -0.4 is 15.4 Å². The van der Waals surface area contributed by atoms with Crippen LogP contribution in [0.2, 0.25) is 0 Å². The number of primary sulfonamides is 1. The summed E-state index contributed by atoms with van der Waals surface area (Å²) in [5, 5.41) is 9.02. The Morgan fingerprint density at radius 2 is 1.72 bits per heavy atom. The second kappa shape index (κ2) is 9.13. The van der Waals surface area contributed by atoms with Crippen molar-refractivity contribution in [3.63, 3.8) is 0 Å². The topological polar surface area (TPSA) is 88.3 Å². The number of nitrogens with one attached hydrogen (secondary N) is 1. The van der Waals surface area contributed by atoms with Gasteiger partial charge in [0.05, 0.1) is 11.4 Å². The Morgan fingerprint density at radius 3 is 2.34 bits per heavy atom. The van der Waals surface area contributed by atoms with Crippen LogP contribution in [0.5, 0.6) is 0 Å². The third kappa shape index (κ3) is 5.60. The van der Waals surface area contributed by atoms with E-state index in [9.17, 15) is 8.42 Å². The van der Waals surface area contributed by atoms with E-state index in [1.165, 1.54) is 12.1 Å². The van der Waals surface area contributed by atoms with Gasteiger partial charge in [-0.2, -0.15) is 0 Å². The van der Waals surface area contributed by atoms with Gasteiger partial charge >= 0.3 is 0 Å². The third-order valence-electron chi connectivity index (χ3n) is 4.50. The highest BCUT2D eigenvalue weighted by Gasteiger charge is 2.15. The van der Waals surface area contributed by atoms with E-state index >= 15 is 0 Å². The van der Waals surface area contributed by atoms with Crippen LogP contribution >= 0.6 is 12.2 Å². The Balaban J connectivity index is 1.86. The summed E-state index contributed by atoms with van der Waals surface area (Å²) in [7, 11) is -3.75. The molecule has 0 aliphatic rings. The van der Waals surface area contributed by atoms with E-state index in [1.807, 2.05) is 48.2 Å². The molecule has 2 aromatic carbocycles. The third-order valence-corrected chi connectivity index (χ3v) is 5.80. The second-order valence-electron chi connectivity index (χ2n) is 6.57. The molecule has 0 spiro atoms. The number of sulfonamides is 1. The fraction of sp³-hybridized carbons (Fsp3) is 0.143. The number of nitrogens with zero attached hydrogens (tertiary/aromatic N) is 2. The first kappa shape index (κ1) is 20.9. The van der Waals surface area contributed by atoms with Gasteiger partial charge in [0.15, 0.2) is 5.11 Å². The molecule has 1 aromatic heterocycles. The highest BCUT2D eigenvalue weighted by Crippen LogP contribution is 2.21. The van der Waals surface area contributed by atoms with Crippen LogP contribution in [-0.2, 0) is 23.1 Å². The van der Waals surface area contributed by atoms with Crippen LogP contribution in [0.25, 0.3) is 0 Å². The summed E-state index contributed by atoms with van der Waals surface area (Å²) in [4.78, 5) is 6.02. The summed E-state index contributed by atoms with van der Waals surface area (Å²) in [6.45, 7) is 3.15. The molecule has 0 bridgehead atoms. The van der Waals surface area contributed by atoms with Crippen LogP contribution in [0, 0.1) is 6.92 Å². The van der Waals surface area contributed by atoms with Gasteiger partial charge in [-0.05, 0) is 72.2 Å². The number of rotatable bonds is 6. The molecule has 8 heteroatoms. The number of anilines is 1. The quantitative estimate of drug-likeness (QED) is 0.589. The first-order valence-corrected chi connectivity index (χ1v) is 10.9. The van der Waals surface area contributed by atoms with Crippen LogP contribution in [-0.4, -0.2) is 18.5 Å². The summed E-state index contributed by atoms with van der Waals surface area (Å²) in [5.74, 6) is 0. The first-order valence-electron chi connectivity index (χ1n) is 8.96. The average molecular weight is 427 g/mol. The molecule has 3 rings (SSSR count). The van der Waals surface area contributed by atoms with Crippen molar-refractivity contribution in [3.8, 4) is 0 Å². The molecular weight excluding hydrogens is 404 g/mol. The lowest BCUT2D eigenvalue weighted by molar-refractivity contribution is 0.598. The summed E-state index contributed by atoms with van der Waals surface area (Å²) in [6.07, 6.45) is 3.47.